The first-order chi connectivity index (χ1) is 11.8. The first-order valence-electron chi connectivity index (χ1n) is 7.30. The molecule has 5 atom stereocenters. The van der Waals surface area contributed by atoms with Crippen molar-refractivity contribution in [3.05, 3.63) is 17.7 Å². The fourth-order valence-electron chi connectivity index (χ4n) is 2.40. The molecule has 10 nitrogen and oxygen atoms in total. The summed E-state index contributed by atoms with van der Waals surface area (Å²) >= 11 is 0. The number of hydrogen-bond donors (Lipinski definition) is 5. The van der Waals surface area contributed by atoms with Gasteiger partial charge in [-0.15, -0.1) is 0 Å². The number of aromatic hydroxyl groups is 1. The van der Waals surface area contributed by atoms with E-state index in [0.717, 1.165) is 6.07 Å². The standard InChI is InChI=1S/C15H20O10/c1-22-8-4-6(3-7(17)13(8)23-2)14(21)25-15-12(20)11(19)10(18)9(5-16)24-15/h3-4,9-12,15-20H,5H2,1-2H3/t9-,10-,11+,12-,15+/m0/s1. The molecule has 1 fully saturated rings. The lowest BCUT2D eigenvalue weighted by molar-refractivity contribution is -0.285. The summed E-state index contributed by atoms with van der Waals surface area (Å²) in [4.78, 5) is 12.2. The number of benzene rings is 1. The number of hydrogen-bond acceptors (Lipinski definition) is 10. The van der Waals surface area contributed by atoms with E-state index >= 15 is 0 Å². The zero-order valence-electron chi connectivity index (χ0n) is 13.5. The summed E-state index contributed by atoms with van der Waals surface area (Å²) in [6, 6.07) is 2.30. The van der Waals surface area contributed by atoms with Gasteiger partial charge in [0.2, 0.25) is 12.0 Å². The zero-order chi connectivity index (χ0) is 18.7. The third-order valence-electron chi connectivity index (χ3n) is 3.77. The molecule has 0 bridgehead atoms. The molecular formula is C15H20O10. The van der Waals surface area contributed by atoms with E-state index in [2.05, 4.69) is 0 Å². The summed E-state index contributed by atoms with van der Waals surface area (Å²) < 4.78 is 20.0. The minimum atomic E-state index is -1.73. The number of carbonyl (C=O) groups excluding carboxylic acids is 1. The second-order valence-electron chi connectivity index (χ2n) is 5.33. The van der Waals surface area contributed by atoms with Crippen LogP contribution in [-0.4, -0.2) is 83.0 Å². The highest BCUT2D eigenvalue weighted by molar-refractivity contribution is 5.91. The molecule has 0 radical (unpaired) electrons. The molecule has 1 aliphatic heterocycles. The van der Waals surface area contributed by atoms with Crippen LogP contribution < -0.4 is 9.47 Å². The van der Waals surface area contributed by atoms with Gasteiger partial charge >= 0.3 is 5.97 Å². The van der Waals surface area contributed by atoms with Gasteiger partial charge in [0.05, 0.1) is 26.4 Å². The normalized spacial score (nSPS) is 29.1. The topological polar surface area (TPSA) is 155 Å². The Morgan fingerprint density at radius 3 is 2.36 bits per heavy atom. The Morgan fingerprint density at radius 2 is 1.80 bits per heavy atom. The van der Waals surface area contributed by atoms with Crippen LogP contribution >= 0.6 is 0 Å². The Labute approximate surface area is 142 Å². The van der Waals surface area contributed by atoms with Gasteiger partial charge in [-0.2, -0.15) is 0 Å². The monoisotopic (exact) mass is 360 g/mol. The van der Waals surface area contributed by atoms with Crippen molar-refractivity contribution in [3.63, 3.8) is 0 Å². The van der Waals surface area contributed by atoms with Crippen LogP contribution in [0.4, 0.5) is 0 Å². The first-order valence-corrected chi connectivity index (χ1v) is 7.30. The molecule has 1 aliphatic rings. The summed E-state index contributed by atoms with van der Waals surface area (Å²) in [5.74, 6) is -1.28. The van der Waals surface area contributed by atoms with E-state index in [1.165, 1.54) is 20.3 Å². The maximum absolute atomic E-state index is 12.2. The van der Waals surface area contributed by atoms with Crippen LogP contribution in [0.15, 0.2) is 12.1 Å². The maximum Gasteiger partial charge on any atom is 0.340 e. The van der Waals surface area contributed by atoms with Gasteiger partial charge in [0.15, 0.2) is 11.5 Å². The molecule has 2 rings (SSSR count). The fourth-order valence-corrected chi connectivity index (χ4v) is 2.40. The Hall–Kier alpha value is -2.11. The van der Waals surface area contributed by atoms with Crippen LogP contribution in [0.2, 0.25) is 0 Å². The minimum absolute atomic E-state index is 0.0203. The van der Waals surface area contributed by atoms with Crippen molar-refractivity contribution in [2.24, 2.45) is 0 Å². The van der Waals surface area contributed by atoms with Crippen molar-refractivity contribution in [3.8, 4) is 17.2 Å². The summed E-state index contributed by atoms with van der Waals surface area (Å²) in [5, 5.41) is 48.2. The van der Waals surface area contributed by atoms with Crippen LogP contribution in [0, 0.1) is 0 Å². The Morgan fingerprint density at radius 1 is 1.12 bits per heavy atom. The molecule has 0 saturated carbocycles. The molecule has 0 aliphatic carbocycles. The number of methoxy groups -OCH3 is 2. The second-order valence-corrected chi connectivity index (χ2v) is 5.33. The highest BCUT2D eigenvalue weighted by Crippen LogP contribution is 2.37. The predicted molar refractivity (Wildman–Crippen MR) is 80.4 cm³/mol. The molecular weight excluding hydrogens is 340 g/mol. The van der Waals surface area contributed by atoms with E-state index in [0.29, 0.717) is 0 Å². The van der Waals surface area contributed by atoms with Crippen molar-refractivity contribution in [1.29, 1.82) is 0 Å². The molecule has 10 heteroatoms. The van der Waals surface area contributed by atoms with Crippen LogP contribution in [-0.2, 0) is 9.47 Å². The number of phenols is 1. The minimum Gasteiger partial charge on any atom is -0.504 e. The third kappa shape index (κ3) is 3.78. The summed E-state index contributed by atoms with van der Waals surface area (Å²) in [6.07, 6.45) is -7.81. The maximum atomic E-state index is 12.2. The van der Waals surface area contributed by atoms with E-state index in [-0.39, 0.29) is 22.8 Å². The van der Waals surface area contributed by atoms with Crippen molar-refractivity contribution >= 4 is 5.97 Å². The highest BCUT2D eigenvalue weighted by Gasteiger charge is 2.45. The number of carbonyl (C=O) groups is 1. The van der Waals surface area contributed by atoms with Crippen LogP contribution in [0.3, 0.4) is 0 Å². The van der Waals surface area contributed by atoms with E-state index < -0.39 is 43.3 Å². The molecule has 0 amide bonds. The van der Waals surface area contributed by atoms with Gasteiger partial charge < -0.3 is 44.5 Å². The van der Waals surface area contributed by atoms with Gasteiger partial charge in [0, 0.05) is 0 Å². The average molecular weight is 360 g/mol. The van der Waals surface area contributed by atoms with Gasteiger partial charge in [-0.05, 0) is 12.1 Å². The molecule has 1 heterocycles. The zero-order valence-corrected chi connectivity index (χ0v) is 13.5. The lowest BCUT2D eigenvalue weighted by atomic mass is 9.99. The summed E-state index contributed by atoms with van der Waals surface area (Å²) in [5.41, 5.74) is -0.132. The van der Waals surface area contributed by atoms with Crippen LogP contribution in [0.5, 0.6) is 17.2 Å². The van der Waals surface area contributed by atoms with E-state index in [9.17, 15) is 25.2 Å². The largest absolute Gasteiger partial charge is 0.504 e. The van der Waals surface area contributed by atoms with Gasteiger partial charge in [-0.1, -0.05) is 0 Å². The average Bonchev–Trinajstić information content (AvgIpc) is 2.61. The van der Waals surface area contributed by atoms with Crippen LogP contribution in [0.25, 0.3) is 0 Å². The Balaban J connectivity index is 2.20. The highest BCUT2D eigenvalue weighted by atomic mass is 16.7. The smallest absolute Gasteiger partial charge is 0.340 e. The molecule has 0 aromatic heterocycles. The van der Waals surface area contributed by atoms with Crippen molar-refractivity contribution in [1.82, 2.24) is 0 Å². The fraction of sp³-hybridized carbons (Fsp3) is 0.533. The summed E-state index contributed by atoms with van der Waals surface area (Å²) in [7, 11) is 2.62. The molecule has 1 aromatic rings. The number of aliphatic hydroxyl groups is 4. The van der Waals surface area contributed by atoms with E-state index in [4.69, 9.17) is 24.1 Å². The van der Waals surface area contributed by atoms with Gasteiger partial charge in [0.25, 0.3) is 0 Å². The number of aliphatic hydroxyl groups excluding tert-OH is 4. The van der Waals surface area contributed by atoms with Crippen molar-refractivity contribution in [2.45, 2.75) is 30.7 Å². The molecule has 1 saturated heterocycles. The Kier molecular flexibility index (Phi) is 6.03. The van der Waals surface area contributed by atoms with Gasteiger partial charge in [-0.25, -0.2) is 4.79 Å². The first kappa shape index (κ1) is 19.2. The Bertz CT molecular complexity index is 617. The SMILES string of the molecule is COc1cc(C(=O)O[C@H]2O[C@@H](CO)[C@H](O)[C@@H](O)[C@@H]2O)cc(O)c1OC. The number of rotatable bonds is 5. The van der Waals surface area contributed by atoms with Crippen molar-refractivity contribution in [2.75, 3.05) is 20.8 Å². The van der Waals surface area contributed by atoms with Gasteiger partial charge in [0.1, 0.15) is 24.4 Å². The number of esters is 1. The predicted octanol–water partition coefficient (Wildman–Crippen LogP) is -1.63. The lowest BCUT2D eigenvalue weighted by Gasteiger charge is -2.39. The molecule has 0 spiro atoms. The third-order valence-corrected chi connectivity index (χ3v) is 3.77. The van der Waals surface area contributed by atoms with Gasteiger partial charge in [-0.3, -0.25) is 0 Å². The molecule has 1 aromatic carbocycles. The quantitative estimate of drug-likeness (QED) is 0.386. The van der Waals surface area contributed by atoms with E-state index in [1.807, 2.05) is 0 Å². The van der Waals surface area contributed by atoms with Crippen molar-refractivity contribution < 1.29 is 49.3 Å². The second kappa shape index (κ2) is 7.85. The lowest BCUT2D eigenvalue weighted by Crippen LogP contribution is -2.59. The number of ether oxygens (including phenoxy) is 4. The van der Waals surface area contributed by atoms with Crippen LogP contribution in [0.1, 0.15) is 10.4 Å². The summed E-state index contributed by atoms with van der Waals surface area (Å²) in [6.45, 7) is -0.657. The van der Waals surface area contributed by atoms with E-state index in [1.54, 1.807) is 0 Å². The molecule has 0 unspecified atom stereocenters. The molecule has 5 N–H and O–H groups in total. The number of phenolic OH excluding ortho intramolecular Hbond substituents is 1. The molecule has 25 heavy (non-hydrogen) atoms. The molecule has 140 valence electrons.